The van der Waals surface area contributed by atoms with Gasteiger partial charge < -0.3 is 14.2 Å². The summed E-state index contributed by atoms with van der Waals surface area (Å²) in [5.41, 5.74) is 1.88. The summed E-state index contributed by atoms with van der Waals surface area (Å²) in [6.07, 6.45) is 9.64. The number of imidazole rings is 1. The highest BCUT2D eigenvalue weighted by atomic mass is 16.5. The first-order valence-corrected chi connectivity index (χ1v) is 8.86. The summed E-state index contributed by atoms with van der Waals surface area (Å²) in [5, 5.41) is 8.76. The van der Waals surface area contributed by atoms with Gasteiger partial charge in [-0.3, -0.25) is 4.98 Å². The first-order chi connectivity index (χ1) is 12.8. The lowest BCUT2D eigenvalue weighted by Gasteiger charge is -2.33. The van der Waals surface area contributed by atoms with Gasteiger partial charge in [-0.1, -0.05) is 6.07 Å². The molecule has 1 unspecified atom stereocenters. The highest BCUT2D eigenvalue weighted by Crippen LogP contribution is 2.21. The van der Waals surface area contributed by atoms with E-state index in [4.69, 9.17) is 4.74 Å². The standard InChI is InChI=1S/C19H22N6O/c1-24-11-9-21-19(24)17-6-7-18(23-22-17)25-10-3-5-16(13-25)26-14-15-4-2-8-20-12-15/h2,4,6-9,11-12,16H,3,5,10,13-14H2,1H3. The van der Waals surface area contributed by atoms with Crippen LogP contribution in [0.5, 0.6) is 0 Å². The van der Waals surface area contributed by atoms with Gasteiger partial charge in [-0.25, -0.2) is 4.98 Å². The van der Waals surface area contributed by atoms with Crippen LogP contribution in [-0.4, -0.2) is 43.9 Å². The van der Waals surface area contributed by atoms with E-state index in [0.29, 0.717) is 6.61 Å². The molecule has 7 nitrogen and oxygen atoms in total. The van der Waals surface area contributed by atoms with E-state index in [0.717, 1.165) is 48.8 Å². The van der Waals surface area contributed by atoms with Crippen molar-refractivity contribution < 1.29 is 4.74 Å². The molecule has 134 valence electrons. The molecule has 1 aliphatic rings. The third-order valence-corrected chi connectivity index (χ3v) is 4.61. The number of pyridine rings is 1. The Bertz CT molecular complexity index is 833. The van der Waals surface area contributed by atoms with Crippen molar-refractivity contribution in [2.24, 2.45) is 7.05 Å². The molecule has 1 atom stereocenters. The van der Waals surface area contributed by atoms with Gasteiger partial charge in [-0.15, -0.1) is 10.2 Å². The van der Waals surface area contributed by atoms with Crippen LogP contribution in [0.15, 0.2) is 49.1 Å². The van der Waals surface area contributed by atoms with Crippen LogP contribution >= 0.6 is 0 Å². The summed E-state index contributed by atoms with van der Waals surface area (Å²) in [6.45, 7) is 2.40. The molecular weight excluding hydrogens is 328 g/mol. The van der Waals surface area contributed by atoms with Crippen LogP contribution in [0.1, 0.15) is 18.4 Å². The van der Waals surface area contributed by atoms with Crippen molar-refractivity contribution in [3.8, 4) is 11.5 Å². The smallest absolute Gasteiger partial charge is 0.160 e. The second-order valence-electron chi connectivity index (χ2n) is 6.52. The molecule has 7 heteroatoms. The summed E-state index contributed by atoms with van der Waals surface area (Å²) in [5.74, 6) is 1.71. The highest BCUT2D eigenvalue weighted by molar-refractivity contribution is 5.51. The first kappa shape index (κ1) is 16.7. The lowest BCUT2D eigenvalue weighted by Crippen LogP contribution is -2.40. The van der Waals surface area contributed by atoms with Crippen molar-refractivity contribution in [2.45, 2.75) is 25.6 Å². The zero-order valence-electron chi connectivity index (χ0n) is 14.8. The molecule has 0 saturated carbocycles. The Balaban J connectivity index is 1.39. The van der Waals surface area contributed by atoms with Gasteiger partial charge in [-0.05, 0) is 36.6 Å². The van der Waals surface area contributed by atoms with E-state index in [1.165, 1.54) is 0 Å². The number of aryl methyl sites for hydroxylation is 1. The van der Waals surface area contributed by atoms with Crippen LogP contribution in [0.2, 0.25) is 0 Å². The average Bonchev–Trinajstić information content (AvgIpc) is 3.13. The van der Waals surface area contributed by atoms with Crippen LogP contribution in [0.3, 0.4) is 0 Å². The molecule has 0 N–H and O–H groups in total. The third-order valence-electron chi connectivity index (χ3n) is 4.61. The summed E-state index contributed by atoms with van der Waals surface area (Å²) in [4.78, 5) is 10.7. The number of aromatic nitrogens is 5. The van der Waals surface area contributed by atoms with Crippen LogP contribution in [0.25, 0.3) is 11.5 Å². The van der Waals surface area contributed by atoms with Crippen molar-refractivity contribution in [3.05, 3.63) is 54.6 Å². The van der Waals surface area contributed by atoms with Gasteiger partial charge in [0.2, 0.25) is 0 Å². The molecule has 1 fully saturated rings. The van der Waals surface area contributed by atoms with Crippen molar-refractivity contribution in [3.63, 3.8) is 0 Å². The predicted molar refractivity (Wildman–Crippen MR) is 98.5 cm³/mol. The van der Waals surface area contributed by atoms with Crippen molar-refractivity contribution >= 4 is 5.82 Å². The number of hydrogen-bond donors (Lipinski definition) is 0. The zero-order chi connectivity index (χ0) is 17.8. The van der Waals surface area contributed by atoms with E-state index in [1.807, 2.05) is 48.3 Å². The summed E-state index contributed by atoms with van der Waals surface area (Å²) in [7, 11) is 1.95. The van der Waals surface area contributed by atoms with E-state index in [-0.39, 0.29) is 6.10 Å². The van der Waals surface area contributed by atoms with Gasteiger partial charge in [0.05, 0.1) is 12.7 Å². The van der Waals surface area contributed by atoms with Gasteiger partial charge >= 0.3 is 0 Å². The number of piperidine rings is 1. The Morgan fingerprint density at radius 1 is 1.19 bits per heavy atom. The maximum Gasteiger partial charge on any atom is 0.160 e. The fourth-order valence-electron chi connectivity index (χ4n) is 3.21. The minimum Gasteiger partial charge on any atom is -0.372 e. The van der Waals surface area contributed by atoms with Crippen molar-refractivity contribution in [1.82, 2.24) is 24.7 Å². The highest BCUT2D eigenvalue weighted by Gasteiger charge is 2.22. The zero-order valence-corrected chi connectivity index (χ0v) is 14.8. The Labute approximate surface area is 152 Å². The Kier molecular flexibility index (Phi) is 4.88. The van der Waals surface area contributed by atoms with Gasteiger partial charge in [0.1, 0.15) is 5.69 Å². The van der Waals surface area contributed by atoms with E-state index in [9.17, 15) is 0 Å². The number of rotatable bonds is 5. The molecule has 0 aromatic carbocycles. The van der Waals surface area contributed by atoms with Crippen molar-refractivity contribution in [1.29, 1.82) is 0 Å². The van der Waals surface area contributed by atoms with Crippen LogP contribution in [0.4, 0.5) is 5.82 Å². The molecule has 0 spiro atoms. The number of anilines is 1. The lowest BCUT2D eigenvalue weighted by molar-refractivity contribution is 0.0313. The number of nitrogens with zero attached hydrogens (tertiary/aromatic N) is 6. The first-order valence-electron chi connectivity index (χ1n) is 8.86. The lowest BCUT2D eigenvalue weighted by atomic mass is 10.1. The predicted octanol–water partition coefficient (Wildman–Crippen LogP) is 2.46. The van der Waals surface area contributed by atoms with Crippen LogP contribution in [-0.2, 0) is 18.4 Å². The van der Waals surface area contributed by atoms with Crippen LogP contribution < -0.4 is 4.90 Å². The molecule has 0 aliphatic carbocycles. The fraction of sp³-hybridized carbons (Fsp3) is 0.368. The third kappa shape index (κ3) is 3.72. The molecule has 4 rings (SSSR count). The molecular formula is C19H22N6O. The van der Waals surface area contributed by atoms with E-state index < -0.39 is 0 Å². The van der Waals surface area contributed by atoms with Crippen LogP contribution in [0, 0.1) is 0 Å². The molecule has 4 heterocycles. The van der Waals surface area contributed by atoms with Gasteiger partial charge in [-0.2, -0.15) is 0 Å². The van der Waals surface area contributed by atoms with E-state index >= 15 is 0 Å². The maximum atomic E-state index is 6.08. The Hall–Kier alpha value is -2.80. The molecule has 0 radical (unpaired) electrons. The molecule has 1 aliphatic heterocycles. The fourth-order valence-corrected chi connectivity index (χ4v) is 3.21. The minimum absolute atomic E-state index is 0.194. The molecule has 3 aromatic rings. The second kappa shape index (κ2) is 7.61. The molecule has 26 heavy (non-hydrogen) atoms. The van der Waals surface area contributed by atoms with Gasteiger partial charge in [0.25, 0.3) is 0 Å². The van der Waals surface area contributed by atoms with Gasteiger partial charge in [0, 0.05) is 44.9 Å². The minimum atomic E-state index is 0.194. The monoisotopic (exact) mass is 350 g/mol. The Morgan fingerprint density at radius 3 is 2.88 bits per heavy atom. The summed E-state index contributed by atoms with van der Waals surface area (Å²) in [6, 6.07) is 7.96. The van der Waals surface area contributed by atoms with E-state index in [1.54, 1.807) is 12.4 Å². The topological polar surface area (TPSA) is 69.0 Å². The molecule has 0 amide bonds. The molecule has 1 saturated heterocycles. The number of hydrogen-bond acceptors (Lipinski definition) is 6. The Morgan fingerprint density at radius 2 is 2.15 bits per heavy atom. The van der Waals surface area contributed by atoms with E-state index in [2.05, 4.69) is 25.1 Å². The summed E-state index contributed by atoms with van der Waals surface area (Å²) >= 11 is 0. The van der Waals surface area contributed by atoms with Gasteiger partial charge in [0.15, 0.2) is 11.6 Å². The average molecular weight is 350 g/mol. The second-order valence-corrected chi connectivity index (χ2v) is 6.52. The SMILES string of the molecule is Cn1ccnc1-c1ccc(N2CCCC(OCc3cccnc3)C2)nn1. The molecule has 3 aromatic heterocycles. The quantitative estimate of drug-likeness (QED) is 0.704. The largest absolute Gasteiger partial charge is 0.372 e. The number of ether oxygens (including phenoxy) is 1. The van der Waals surface area contributed by atoms with Crippen molar-refractivity contribution in [2.75, 3.05) is 18.0 Å². The maximum absolute atomic E-state index is 6.08. The molecule has 0 bridgehead atoms. The normalized spacial score (nSPS) is 17.4. The summed E-state index contributed by atoms with van der Waals surface area (Å²) < 4.78 is 8.01.